The number of rotatable bonds is 3. The van der Waals surface area contributed by atoms with Crippen LogP contribution in [0.25, 0.3) is 0 Å². The molecule has 0 aliphatic heterocycles. The maximum atomic E-state index is 9.23. The van der Waals surface area contributed by atoms with Gasteiger partial charge >= 0.3 is 0 Å². The van der Waals surface area contributed by atoms with Crippen LogP contribution in [0, 0.1) is 0 Å². The van der Waals surface area contributed by atoms with Gasteiger partial charge < -0.3 is 10.8 Å². The van der Waals surface area contributed by atoms with E-state index in [-0.39, 0.29) is 6.54 Å². The highest BCUT2D eigenvalue weighted by atomic mass is 35.5. The second kappa shape index (κ2) is 4.45. The lowest BCUT2D eigenvalue weighted by Crippen LogP contribution is -2.21. The van der Waals surface area contributed by atoms with Crippen LogP contribution in [0.1, 0.15) is 5.56 Å². The third kappa shape index (κ3) is 2.81. The molecule has 0 aromatic heterocycles. The zero-order valence-electron chi connectivity index (χ0n) is 6.70. The van der Waals surface area contributed by atoms with Crippen molar-refractivity contribution in [1.82, 2.24) is 0 Å². The summed E-state index contributed by atoms with van der Waals surface area (Å²) in [6.45, 7) is 0.284. The van der Waals surface area contributed by atoms with E-state index in [0.29, 0.717) is 11.4 Å². The molecule has 1 atom stereocenters. The maximum absolute atomic E-state index is 9.23. The highest BCUT2D eigenvalue weighted by Gasteiger charge is 2.02. The normalized spacial score (nSPS) is 12.9. The molecular weight excluding hydrogens is 174 g/mol. The summed E-state index contributed by atoms with van der Waals surface area (Å²) in [5.74, 6) is 0. The zero-order valence-corrected chi connectivity index (χ0v) is 7.46. The summed E-state index contributed by atoms with van der Waals surface area (Å²) in [7, 11) is 0. The maximum Gasteiger partial charge on any atom is 0.0702 e. The van der Waals surface area contributed by atoms with Crippen LogP contribution in [0.3, 0.4) is 0 Å². The minimum atomic E-state index is -0.469. The van der Waals surface area contributed by atoms with E-state index in [4.69, 9.17) is 17.3 Å². The molecule has 12 heavy (non-hydrogen) atoms. The number of aliphatic hydroxyl groups excluding tert-OH is 1. The first-order chi connectivity index (χ1) is 5.72. The lowest BCUT2D eigenvalue weighted by Gasteiger charge is -2.06. The predicted octanol–water partition coefficient (Wildman–Crippen LogP) is 1.20. The minimum Gasteiger partial charge on any atom is -0.391 e. The molecule has 0 fully saturated rings. The third-order valence-electron chi connectivity index (χ3n) is 1.63. The molecule has 1 aromatic rings. The molecule has 0 heterocycles. The first-order valence-electron chi connectivity index (χ1n) is 3.85. The molecule has 0 bridgehead atoms. The Morgan fingerprint density at radius 3 is 2.83 bits per heavy atom. The Morgan fingerprint density at radius 2 is 2.25 bits per heavy atom. The van der Waals surface area contributed by atoms with Gasteiger partial charge in [0.1, 0.15) is 0 Å². The molecule has 66 valence electrons. The number of benzene rings is 1. The van der Waals surface area contributed by atoms with Gasteiger partial charge in [-0.3, -0.25) is 0 Å². The Labute approximate surface area is 77.0 Å². The van der Waals surface area contributed by atoms with Crippen molar-refractivity contribution in [2.45, 2.75) is 12.5 Å². The third-order valence-corrected chi connectivity index (χ3v) is 1.87. The fourth-order valence-electron chi connectivity index (χ4n) is 1.02. The Balaban J connectivity index is 2.63. The quantitative estimate of drug-likeness (QED) is 0.744. The fraction of sp³-hybridized carbons (Fsp3) is 0.333. The van der Waals surface area contributed by atoms with Crippen molar-refractivity contribution < 1.29 is 5.11 Å². The van der Waals surface area contributed by atoms with E-state index in [1.165, 1.54) is 0 Å². The summed E-state index contributed by atoms with van der Waals surface area (Å²) in [4.78, 5) is 0. The Kier molecular flexibility index (Phi) is 3.53. The summed E-state index contributed by atoms with van der Waals surface area (Å²) in [5, 5.41) is 9.93. The summed E-state index contributed by atoms with van der Waals surface area (Å²) >= 11 is 5.76. The highest BCUT2D eigenvalue weighted by Crippen LogP contribution is 2.11. The van der Waals surface area contributed by atoms with Gasteiger partial charge in [-0.15, -0.1) is 0 Å². The van der Waals surface area contributed by atoms with Crippen LogP contribution in [0.2, 0.25) is 5.02 Å². The minimum absolute atomic E-state index is 0.284. The lowest BCUT2D eigenvalue weighted by molar-refractivity contribution is 0.183. The van der Waals surface area contributed by atoms with Gasteiger partial charge in [-0.05, 0) is 24.1 Å². The van der Waals surface area contributed by atoms with E-state index in [1.807, 2.05) is 18.2 Å². The van der Waals surface area contributed by atoms with Crippen molar-refractivity contribution in [2.75, 3.05) is 6.54 Å². The van der Waals surface area contributed by atoms with Gasteiger partial charge in [-0.2, -0.15) is 0 Å². The molecule has 1 aromatic carbocycles. The lowest BCUT2D eigenvalue weighted by atomic mass is 10.1. The summed E-state index contributed by atoms with van der Waals surface area (Å²) in [6.07, 6.45) is 0.0975. The Bertz CT molecular complexity index is 252. The average molecular weight is 186 g/mol. The van der Waals surface area contributed by atoms with Gasteiger partial charge in [0.05, 0.1) is 6.10 Å². The number of halogens is 1. The van der Waals surface area contributed by atoms with E-state index in [0.717, 1.165) is 5.56 Å². The molecule has 0 spiro atoms. The van der Waals surface area contributed by atoms with E-state index < -0.39 is 6.10 Å². The van der Waals surface area contributed by atoms with Crippen LogP contribution in [0.4, 0.5) is 0 Å². The second-order valence-electron chi connectivity index (χ2n) is 2.72. The van der Waals surface area contributed by atoms with Crippen molar-refractivity contribution in [3.05, 3.63) is 34.9 Å². The molecule has 0 amide bonds. The van der Waals surface area contributed by atoms with E-state index in [1.54, 1.807) is 6.07 Å². The molecule has 0 radical (unpaired) electrons. The van der Waals surface area contributed by atoms with Gasteiger partial charge in [0.2, 0.25) is 0 Å². The van der Waals surface area contributed by atoms with Gasteiger partial charge in [-0.1, -0.05) is 23.7 Å². The van der Waals surface area contributed by atoms with Crippen molar-refractivity contribution in [2.24, 2.45) is 5.73 Å². The molecular formula is C9H12ClNO. The van der Waals surface area contributed by atoms with Crippen molar-refractivity contribution >= 4 is 11.6 Å². The fourth-order valence-corrected chi connectivity index (χ4v) is 1.23. The number of hydrogen-bond acceptors (Lipinski definition) is 2. The van der Waals surface area contributed by atoms with Crippen LogP contribution in [-0.2, 0) is 6.42 Å². The van der Waals surface area contributed by atoms with Gasteiger partial charge in [0.25, 0.3) is 0 Å². The Hall–Kier alpha value is -0.570. The second-order valence-corrected chi connectivity index (χ2v) is 3.16. The molecule has 0 saturated heterocycles. The van der Waals surface area contributed by atoms with E-state index in [2.05, 4.69) is 0 Å². The average Bonchev–Trinajstić information content (AvgIpc) is 2.04. The molecule has 0 aliphatic rings. The Morgan fingerprint density at radius 1 is 1.50 bits per heavy atom. The molecule has 3 N–H and O–H groups in total. The zero-order chi connectivity index (χ0) is 8.97. The van der Waals surface area contributed by atoms with E-state index >= 15 is 0 Å². The summed E-state index contributed by atoms with van der Waals surface area (Å²) in [5.41, 5.74) is 6.29. The van der Waals surface area contributed by atoms with Gasteiger partial charge in [0, 0.05) is 11.6 Å². The van der Waals surface area contributed by atoms with E-state index in [9.17, 15) is 5.11 Å². The van der Waals surface area contributed by atoms with Crippen LogP contribution in [0.5, 0.6) is 0 Å². The standard InChI is InChI=1S/C9H12ClNO/c10-8-3-1-2-7(4-8)5-9(12)6-11/h1-4,9,12H,5-6,11H2/t9-/m0/s1. The number of aliphatic hydroxyl groups is 1. The molecule has 0 unspecified atom stereocenters. The first-order valence-corrected chi connectivity index (χ1v) is 4.22. The van der Waals surface area contributed by atoms with Crippen molar-refractivity contribution in [3.8, 4) is 0 Å². The topological polar surface area (TPSA) is 46.2 Å². The number of hydrogen-bond donors (Lipinski definition) is 2. The summed E-state index contributed by atoms with van der Waals surface area (Å²) < 4.78 is 0. The predicted molar refractivity (Wildman–Crippen MR) is 50.2 cm³/mol. The van der Waals surface area contributed by atoms with Crippen molar-refractivity contribution in [1.29, 1.82) is 0 Å². The largest absolute Gasteiger partial charge is 0.391 e. The monoisotopic (exact) mass is 185 g/mol. The molecule has 0 saturated carbocycles. The SMILES string of the molecule is NC[C@@H](O)Cc1cccc(Cl)c1. The molecule has 1 rings (SSSR count). The first kappa shape index (κ1) is 9.52. The molecule has 3 heteroatoms. The van der Waals surface area contributed by atoms with Crippen molar-refractivity contribution in [3.63, 3.8) is 0 Å². The van der Waals surface area contributed by atoms with Crippen LogP contribution in [-0.4, -0.2) is 17.8 Å². The van der Waals surface area contributed by atoms with Gasteiger partial charge in [0.15, 0.2) is 0 Å². The smallest absolute Gasteiger partial charge is 0.0702 e. The molecule has 2 nitrogen and oxygen atoms in total. The van der Waals surface area contributed by atoms with Crippen LogP contribution >= 0.6 is 11.6 Å². The van der Waals surface area contributed by atoms with Gasteiger partial charge in [-0.25, -0.2) is 0 Å². The highest BCUT2D eigenvalue weighted by molar-refractivity contribution is 6.30. The van der Waals surface area contributed by atoms with Crippen LogP contribution < -0.4 is 5.73 Å². The number of nitrogens with two attached hydrogens (primary N) is 1. The summed E-state index contributed by atoms with van der Waals surface area (Å²) in [6, 6.07) is 7.42. The molecule has 0 aliphatic carbocycles. The van der Waals surface area contributed by atoms with Crippen LogP contribution in [0.15, 0.2) is 24.3 Å².